The van der Waals surface area contributed by atoms with Crippen LogP contribution in [0.15, 0.2) is 0 Å². The van der Waals surface area contributed by atoms with Crippen molar-refractivity contribution in [2.75, 3.05) is 13.2 Å². The lowest BCUT2D eigenvalue weighted by atomic mass is 10.1. The van der Waals surface area contributed by atoms with Crippen LogP contribution in [0.4, 0.5) is 0 Å². The zero-order valence-electron chi connectivity index (χ0n) is 9.65. The Hall–Kier alpha value is -0.400. The van der Waals surface area contributed by atoms with Gasteiger partial charge in [-0.15, -0.1) is 0 Å². The molecule has 0 saturated heterocycles. The largest absolute Gasteiger partial charge is 0.476 e. The van der Waals surface area contributed by atoms with Crippen LogP contribution in [0.1, 0.15) is 34.1 Å². The molecule has 0 radical (unpaired) electrons. The third kappa shape index (κ3) is 4.76. The van der Waals surface area contributed by atoms with Gasteiger partial charge in [0, 0.05) is 0 Å². The summed E-state index contributed by atoms with van der Waals surface area (Å²) in [5.74, 6) is 0. The minimum atomic E-state index is -3.60. The SMILES string of the molecule is CCOP(=O)(OCC)OC(C)(C#N)CC. The molecule has 0 aliphatic heterocycles. The molecule has 0 heterocycles. The Kier molecular flexibility index (Phi) is 6.07. The van der Waals surface area contributed by atoms with Crippen LogP contribution in [0, 0.1) is 11.3 Å². The van der Waals surface area contributed by atoms with E-state index in [1.54, 1.807) is 27.7 Å². The van der Waals surface area contributed by atoms with E-state index in [2.05, 4.69) is 0 Å². The lowest BCUT2D eigenvalue weighted by molar-refractivity contribution is 0.0550. The highest BCUT2D eigenvalue weighted by Crippen LogP contribution is 2.52. The summed E-state index contributed by atoms with van der Waals surface area (Å²) in [7, 11) is -3.60. The highest BCUT2D eigenvalue weighted by Gasteiger charge is 2.36. The summed E-state index contributed by atoms with van der Waals surface area (Å²) >= 11 is 0. The van der Waals surface area contributed by atoms with Crippen molar-refractivity contribution in [3.05, 3.63) is 0 Å². The minimum Gasteiger partial charge on any atom is -0.287 e. The molecule has 0 N–H and O–H groups in total. The maximum absolute atomic E-state index is 11.9. The van der Waals surface area contributed by atoms with Crippen molar-refractivity contribution < 1.29 is 18.1 Å². The van der Waals surface area contributed by atoms with Crippen LogP contribution in [0.3, 0.4) is 0 Å². The Labute approximate surface area is 90.9 Å². The first-order valence-electron chi connectivity index (χ1n) is 4.96. The first kappa shape index (κ1) is 14.6. The molecule has 0 bridgehead atoms. The standard InChI is InChI=1S/C9H18NO4P/c1-5-9(4,8-10)14-15(11,12-6-2)13-7-3/h5-7H2,1-4H3. The summed E-state index contributed by atoms with van der Waals surface area (Å²) in [5.41, 5.74) is -1.14. The van der Waals surface area contributed by atoms with Gasteiger partial charge in [-0.2, -0.15) is 5.26 Å². The van der Waals surface area contributed by atoms with Gasteiger partial charge in [-0.3, -0.25) is 13.6 Å². The molecule has 5 nitrogen and oxygen atoms in total. The monoisotopic (exact) mass is 235 g/mol. The van der Waals surface area contributed by atoms with E-state index >= 15 is 0 Å². The number of phosphoric ester groups is 1. The molecule has 0 aromatic heterocycles. The van der Waals surface area contributed by atoms with Gasteiger partial charge in [-0.1, -0.05) is 6.92 Å². The van der Waals surface area contributed by atoms with Gasteiger partial charge in [0.25, 0.3) is 0 Å². The van der Waals surface area contributed by atoms with Crippen molar-refractivity contribution in [1.29, 1.82) is 5.26 Å². The summed E-state index contributed by atoms with van der Waals surface area (Å²) in [6.07, 6.45) is 0.410. The number of phosphoric acid groups is 1. The summed E-state index contributed by atoms with van der Waals surface area (Å²) < 4.78 is 26.9. The van der Waals surface area contributed by atoms with Crippen LogP contribution in [0.2, 0.25) is 0 Å². The van der Waals surface area contributed by atoms with E-state index in [0.29, 0.717) is 6.42 Å². The van der Waals surface area contributed by atoms with E-state index in [4.69, 9.17) is 18.8 Å². The Morgan fingerprint density at radius 1 is 1.27 bits per heavy atom. The first-order chi connectivity index (χ1) is 6.95. The summed E-state index contributed by atoms with van der Waals surface area (Å²) in [6, 6.07) is 1.95. The number of rotatable bonds is 7. The molecule has 0 saturated carbocycles. The Morgan fingerprint density at radius 2 is 1.73 bits per heavy atom. The number of nitrogens with zero attached hydrogens (tertiary/aromatic N) is 1. The normalized spacial score (nSPS) is 15.7. The van der Waals surface area contributed by atoms with E-state index < -0.39 is 13.4 Å². The fourth-order valence-corrected chi connectivity index (χ4v) is 2.29. The quantitative estimate of drug-likeness (QED) is 0.634. The smallest absolute Gasteiger partial charge is 0.287 e. The average molecular weight is 235 g/mol. The van der Waals surface area contributed by atoms with Gasteiger partial charge in [-0.25, -0.2) is 4.57 Å². The molecule has 0 rings (SSSR count). The lowest BCUT2D eigenvalue weighted by Crippen LogP contribution is -2.25. The Bertz CT molecular complexity index is 266. The summed E-state index contributed by atoms with van der Waals surface area (Å²) in [5, 5.41) is 8.88. The summed E-state index contributed by atoms with van der Waals surface area (Å²) in [4.78, 5) is 0. The zero-order valence-corrected chi connectivity index (χ0v) is 10.5. The van der Waals surface area contributed by atoms with E-state index in [1.165, 1.54) is 0 Å². The number of nitriles is 1. The maximum atomic E-state index is 11.9. The van der Waals surface area contributed by atoms with Crippen molar-refractivity contribution in [2.45, 2.75) is 39.7 Å². The molecule has 0 aliphatic carbocycles. The predicted molar refractivity (Wildman–Crippen MR) is 56.3 cm³/mol. The topological polar surface area (TPSA) is 68.6 Å². The van der Waals surface area contributed by atoms with Crippen molar-refractivity contribution in [3.63, 3.8) is 0 Å². The van der Waals surface area contributed by atoms with Gasteiger partial charge < -0.3 is 0 Å². The van der Waals surface area contributed by atoms with Crippen LogP contribution < -0.4 is 0 Å². The summed E-state index contributed by atoms with van der Waals surface area (Å²) in [6.45, 7) is 7.11. The molecular formula is C9H18NO4P. The molecule has 88 valence electrons. The maximum Gasteiger partial charge on any atom is 0.476 e. The molecule has 15 heavy (non-hydrogen) atoms. The molecule has 0 spiro atoms. The molecule has 0 fully saturated rings. The van der Waals surface area contributed by atoms with Gasteiger partial charge in [0.15, 0.2) is 5.60 Å². The van der Waals surface area contributed by atoms with Crippen LogP contribution in [-0.4, -0.2) is 18.8 Å². The molecule has 0 amide bonds. The Morgan fingerprint density at radius 3 is 2.00 bits per heavy atom. The first-order valence-corrected chi connectivity index (χ1v) is 6.42. The van der Waals surface area contributed by atoms with Crippen LogP contribution >= 0.6 is 7.82 Å². The molecule has 0 aliphatic rings. The molecule has 1 atom stereocenters. The van der Waals surface area contributed by atoms with E-state index in [1.807, 2.05) is 6.07 Å². The van der Waals surface area contributed by atoms with Crippen LogP contribution in [0.5, 0.6) is 0 Å². The minimum absolute atomic E-state index is 0.211. The van der Waals surface area contributed by atoms with Crippen molar-refractivity contribution >= 4 is 7.82 Å². The molecule has 1 unspecified atom stereocenters. The highest BCUT2D eigenvalue weighted by atomic mass is 31.2. The molecule has 0 aromatic carbocycles. The predicted octanol–water partition coefficient (Wildman–Crippen LogP) is 2.88. The lowest BCUT2D eigenvalue weighted by Gasteiger charge is -2.25. The van der Waals surface area contributed by atoms with Gasteiger partial charge in [0.1, 0.15) is 0 Å². The van der Waals surface area contributed by atoms with E-state index in [9.17, 15) is 4.57 Å². The third-order valence-corrected chi connectivity index (χ3v) is 3.57. The van der Waals surface area contributed by atoms with Gasteiger partial charge in [0.2, 0.25) is 0 Å². The van der Waals surface area contributed by atoms with Crippen molar-refractivity contribution in [3.8, 4) is 6.07 Å². The Balaban J connectivity index is 4.68. The fourth-order valence-electron chi connectivity index (χ4n) is 0.817. The fraction of sp³-hybridized carbons (Fsp3) is 0.889. The molecular weight excluding hydrogens is 217 g/mol. The van der Waals surface area contributed by atoms with Crippen LogP contribution in [-0.2, 0) is 18.1 Å². The van der Waals surface area contributed by atoms with Gasteiger partial charge in [-0.05, 0) is 27.2 Å². The van der Waals surface area contributed by atoms with E-state index in [0.717, 1.165) is 0 Å². The second kappa shape index (κ2) is 6.24. The van der Waals surface area contributed by atoms with Gasteiger partial charge in [0.05, 0.1) is 19.3 Å². The van der Waals surface area contributed by atoms with Crippen molar-refractivity contribution in [1.82, 2.24) is 0 Å². The molecule has 0 aromatic rings. The van der Waals surface area contributed by atoms with Crippen molar-refractivity contribution in [2.24, 2.45) is 0 Å². The molecule has 6 heteroatoms. The zero-order chi connectivity index (χ0) is 11.9. The average Bonchev–Trinajstić information content (AvgIpc) is 2.18. The van der Waals surface area contributed by atoms with Gasteiger partial charge >= 0.3 is 7.82 Å². The van der Waals surface area contributed by atoms with Crippen LogP contribution in [0.25, 0.3) is 0 Å². The van der Waals surface area contributed by atoms with E-state index in [-0.39, 0.29) is 13.2 Å². The number of hydrogen-bond donors (Lipinski definition) is 0. The number of hydrogen-bond acceptors (Lipinski definition) is 5. The second-order valence-electron chi connectivity index (χ2n) is 3.07. The third-order valence-electron chi connectivity index (χ3n) is 1.80. The highest BCUT2D eigenvalue weighted by molar-refractivity contribution is 7.48. The second-order valence-corrected chi connectivity index (χ2v) is 4.66.